The number of H-pyrrole nitrogens is 1. The quantitative estimate of drug-likeness (QED) is 0.585. The van der Waals surface area contributed by atoms with Gasteiger partial charge in [-0.15, -0.1) is 11.3 Å². The maximum Gasteiger partial charge on any atom is 0.254 e. The second kappa shape index (κ2) is 6.75. The molecular formula is C18H20N8S. The van der Waals surface area contributed by atoms with E-state index in [0.29, 0.717) is 5.78 Å². The SMILES string of the molecule is Cc1cc(N2CCN(Cc3ccc(-c4ccn[nH]4)s3)CC2)n2ncnc2n1. The highest BCUT2D eigenvalue weighted by Gasteiger charge is 2.21. The van der Waals surface area contributed by atoms with Gasteiger partial charge in [-0.2, -0.15) is 19.7 Å². The summed E-state index contributed by atoms with van der Waals surface area (Å²) in [6.45, 7) is 6.97. The van der Waals surface area contributed by atoms with Crippen molar-refractivity contribution in [3.8, 4) is 10.6 Å². The lowest BCUT2D eigenvalue weighted by molar-refractivity contribution is 0.251. The first-order valence-corrected chi connectivity index (χ1v) is 9.81. The predicted molar refractivity (Wildman–Crippen MR) is 105 cm³/mol. The minimum Gasteiger partial charge on any atom is -0.354 e. The van der Waals surface area contributed by atoms with Gasteiger partial charge in [-0.25, -0.2) is 4.98 Å². The normalized spacial score (nSPS) is 15.7. The fourth-order valence-corrected chi connectivity index (χ4v) is 4.52. The van der Waals surface area contributed by atoms with Crippen LogP contribution in [0.5, 0.6) is 0 Å². The number of nitrogens with zero attached hydrogens (tertiary/aromatic N) is 7. The number of anilines is 1. The maximum atomic E-state index is 4.43. The number of aromatic amines is 1. The van der Waals surface area contributed by atoms with Gasteiger partial charge in [-0.05, 0) is 25.1 Å². The van der Waals surface area contributed by atoms with Crippen LogP contribution in [0.25, 0.3) is 16.3 Å². The number of aromatic nitrogens is 6. The molecule has 1 N–H and O–H groups in total. The van der Waals surface area contributed by atoms with Crippen LogP contribution >= 0.6 is 11.3 Å². The summed E-state index contributed by atoms with van der Waals surface area (Å²) in [6.07, 6.45) is 3.36. The van der Waals surface area contributed by atoms with E-state index < -0.39 is 0 Å². The maximum absolute atomic E-state index is 4.43. The molecule has 0 saturated carbocycles. The van der Waals surface area contributed by atoms with Crippen LogP contribution in [-0.4, -0.2) is 60.9 Å². The lowest BCUT2D eigenvalue weighted by Gasteiger charge is -2.35. The third-order valence-electron chi connectivity index (χ3n) is 4.86. The molecule has 8 nitrogen and oxygen atoms in total. The molecular weight excluding hydrogens is 360 g/mol. The van der Waals surface area contributed by atoms with E-state index in [1.165, 1.54) is 9.75 Å². The van der Waals surface area contributed by atoms with E-state index in [9.17, 15) is 0 Å². The number of thiophene rings is 1. The minimum absolute atomic E-state index is 0.664. The number of aryl methyl sites for hydroxylation is 1. The number of hydrogen-bond acceptors (Lipinski definition) is 7. The number of nitrogens with one attached hydrogen (secondary N) is 1. The van der Waals surface area contributed by atoms with Crippen LogP contribution in [0.3, 0.4) is 0 Å². The minimum atomic E-state index is 0.664. The Bertz CT molecular complexity index is 1040. The summed E-state index contributed by atoms with van der Waals surface area (Å²) >= 11 is 1.83. The van der Waals surface area contributed by atoms with Crippen LogP contribution in [0, 0.1) is 6.92 Å². The van der Waals surface area contributed by atoms with E-state index in [1.807, 2.05) is 28.8 Å². The summed E-state index contributed by atoms with van der Waals surface area (Å²) in [7, 11) is 0. The van der Waals surface area contributed by atoms with E-state index >= 15 is 0 Å². The van der Waals surface area contributed by atoms with E-state index in [4.69, 9.17) is 0 Å². The standard InChI is InChI=1S/C18H20N8S/c1-13-10-17(26-18(22-13)19-12-21-26)25-8-6-24(7-9-25)11-14-2-3-16(27-14)15-4-5-20-23-15/h2-5,10,12H,6-9,11H2,1H3,(H,20,23). The average Bonchev–Trinajstić information content (AvgIpc) is 3.43. The molecule has 0 unspecified atom stereocenters. The molecule has 1 aliphatic rings. The average molecular weight is 380 g/mol. The second-order valence-electron chi connectivity index (χ2n) is 6.73. The van der Waals surface area contributed by atoms with Gasteiger partial charge in [0.1, 0.15) is 12.1 Å². The number of rotatable bonds is 4. The van der Waals surface area contributed by atoms with Crippen molar-refractivity contribution in [2.75, 3.05) is 31.1 Å². The zero-order chi connectivity index (χ0) is 18.2. The highest BCUT2D eigenvalue weighted by molar-refractivity contribution is 7.15. The van der Waals surface area contributed by atoms with Gasteiger partial charge in [-0.1, -0.05) is 0 Å². The van der Waals surface area contributed by atoms with Crippen molar-refractivity contribution in [3.05, 3.63) is 47.4 Å². The van der Waals surface area contributed by atoms with Crippen LogP contribution < -0.4 is 4.90 Å². The Balaban J connectivity index is 1.26. The van der Waals surface area contributed by atoms with Crippen molar-refractivity contribution in [2.24, 2.45) is 0 Å². The summed E-state index contributed by atoms with van der Waals surface area (Å²) in [4.78, 5) is 16.2. The fraction of sp³-hybridized carbons (Fsp3) is 0.333. The fourth-order valence-electron chi connectivity index (χ4n) is 3.49. The van der Waals surface area contributed by atoms with Gasteiger partial charge in [0.25, 0.3) is 5.78 Å². The van der Waals surface area contributed by atoms with Crippen molar-refractivity contribution in [1.82, 2.24) is 34.7 Å². The molecule has 27 heavy (non-hydrogen) atoms. The van der Waals surface area contributed by atoms with Gasteiger partial charge in [0, 0.05) is 55.6 Å². The van der Waals surface area contributed by atoms with E-state index in [2.05, 4.69) is 53.3 Å². The monoisotopic (exact) mass is 380 g/mol. The molecule has 4 aromatic heterocycles. The zero-order valence-electron chi connectivity index (χ0n) is 15.0. The molecule has 138 valence electrons. The first-order valence-electron chi connectivity index (χ1n) is 8.99. The molecule has 0 amide bonds. The second-order valence-corrected chi connectivity index (χ2v) is 7.90. The Morgan fingerprint density at radius 3 is 2.85 bits per heavy atom. The molecule has 0 bridgehead atoms. The van der Waals surface area contributed by atoms with Crippen molar-refractivity contribution >= 4 is 22.9 Å². The van der Waals surface area contributed by atoms with Crippen molar-refractivity contribution in [1.29, 1.82) is 0 Å². The largest absolute Gasteiger partial charge is 0.354 e. The Morgan fingerprint density at radius 2 is 2.04 bits per heavy atom. The molecule has 9 heteroatoms. The highest BCUT2D eigenvalue weighted by Crippen LogP contribution is 2.27. The molecule has 1 saturated heterocycles. The van der Waals surface area contributed by atoms with Crippen LogP contribution in [0.4, 0.5) is 5.82 Å². The van der Waals surface area contributed by atoms with E-state index in [0.717, 1.165) is 49.9 Å². The first-order chi connectivity index (χ1) is 13.3. The molecule has 1 fully saturated rings. The summed E-state index contributed by atoms with van der Waals surface area (Å²) in [6, 6.07) is 8.49. The van der Waals surface area contributed by atoms with Crippen LogP contribution in [0.15, 0.2) is 36.8 Å². The van der Waals surface area contributed by atoms with Crippen LogP contribution in [0.2, 0.25) is 0 Å². The summed E-state index contributed by atoms with van der Waals surface area (Å²) in [5.41, 5.74) is 2.05. The van der Waals surface area contributed by atoms with Crippen LogP contribution in [0.1, 0.15) is 10.6 Å². The lowest BCUT2D eigenvalue weighted by Crippen LogP contribution is -2.46. The van der Waals surface area contributed by atoms with Crippen molar-refractivity contribution in [3.63, 3.8) is 0 Å². The van der Waals surface area contributed by atoms with Gasteiger partial charge in [0.2, 0.25) is 0 Å². The summed E-state index contributed by atoms with van der Waals surface area (Å²) in [5, 5.41) is 11.4. The molecule has 0 aromatic carbocycles. The molecule has 0 atom stereocenters. The molecule has 5 rings (SSSR count). The topological polar surface area (TPSA) is 78.2 Å². The summed E-state index contributed by atoms with van der Waals surface area (Å²) in [5.74, 6) is 1.74. The summed E-state index contributed by atoms with van der Waals surface area (Å²) < 4.78 is 1.83. The zero-order valence-corrected chi connectivity index (χ0v) is 15.9. The Morgan fingerprint density at radius 1 is 1.15 bits per heavy atom. The molecule has 0 spiro atoms. The first kappa shape index (κ1) is 16.4. The molecule has 4 aromatic rings. The Hall–Kier alpha value is -2.78. The van der Waals surface area contributed by atoms with Gasteiger partial charge in [-0.3, -0.25) is 10.00 Å². The van der Waals surface area contributed by atoms with Crippen LogP contribution in [-0.2, 0) is 6.54 Å². The van der Waals surface area contributed by atoms with Gasteiger partial charge in [0.15, 0.2) is 0 Å². The number of fused-ring (bicyclic) bond motifs is 1. The number of hydrogen-bond donors (Lipinski definition) is 1. The molecule has 1 aliphatic heterocycles. The van der Waals surface area contributed by atoms with E-state index in [-0.39, 0.29) is 0 Å². The van der Waals surface area contributed by atoms with Gasteiger partial charge >= 0.3 is 0 Å². The van der Waals surface area contributed by atoms with Gasteiger partial charge in [0.05, 0.1) is 10.6 Å². The highest BCUT2D eigenvalue weighted by atomic mass is 32.1. The van der Waals surface area contributed by atoms with E-state index in [1.54, 1.807) is 12.5 Å². The molecule has 0 radical (unpaired) electrons. The van der Waals surface area contributed by atoms with Crippen molar-refractivity contribution < 1.29 is 0 Å². The number of piperazine rings is 1. The van der Waals surface area contributed by atoms with Gasteiger partial charge < -0.3 is 4.90 Å². The third-order valence-corrected chi connectivity index (χ3v) is 5.97. The van der Waals surface area contributed by atoms with Crippen molar-refractivity contribution in [2.45, 2.75) is 13.5 Å². The Kier molecular flexibility index (Phi) is 4.10. The molecule has 0 aliphatic carbocycles. The third kappa shape index (κ3) is 3.19. The Labute approximate surface area is 160 Å². The lowest BCUT2D eigenvalue weighted by atomic mass is 10.3. The smallest absolute Gasteiger partial charge is 0.254 e. The molecule has 5 heterocycles. The predicted octanol–water partition coefficient (Wildman–Crippen LogP) is 2.21.